The molecule has 2 fully saturated rings. The molecule has 0 aliphatic carbocycles. The molecule has 2 aliphatic rings. The average molecular weight is 323 g/mol. The van der Waals surface area contributed by atoms with Crippen LogP contribution >= 0.6 is 0 Å². The summed E-state index contributed by atoms with van der Waals surface area (Å²) in [6, 6.07) is -0.148. The number of urea groups is 1. The van der Waals surface area contributed by atoms with Gasteiger partial charge >= 0.3 is 12.2 Å². The van der Waals surface area contributed by atoms with Crippen molar-refractivity contribution in [2.45, 2.75) is 25.4 Å². The van der Waals surface area contributed by atoms with Crippen molar-refractivity contribution in [3.8, 4) is 0 Å². The highest BCUT2D eigenvalue weighted by Crippen LogP contribution is 2.22. The molecule has 0 aromatic heterocycles. The zero-order chi connectivity index (χ0) is 16.2. The maximum absolute atomic E-state index is 12.3. The van der Waals surface area contributed by atoms with E-state index < -0.39 is 12.7 Å². The zero-order valence-electron chi connectivity index (χ0n) is 12.6. The van der Waals surface area contributed by atoms with Crippen molar-refractivity contribution in [1.82, 2.24) is 15.1 Å². The molecule has 2 heterocycles. The minimum atomic E-state index is -4.16. The predicted molar refractivity (Wildman–Crippen MR) is 75.4 cm³/mol. The van der Waals surface area contributed by atoms with E-state index in [0.717, 1.165) is 12.8 Å². The number of hydrogen-bond acceptors (Lipinski definition) is 3. The monoisotopic (exact) mass is 323 g/mol. The number of carbonyl (C=O) groups excluding carboxylic acids is 1. The van der Waals surface area contributed by atoms with Crippen LogP contribution < -0.4 is 5.32 Å². The van der Waals surface area contributed by atoms with Gasteiger partial charge in [-0.05, 0) is 37.6 Å². The Morgan fingerprint density at radius 3 is 2.36 bits per heavy atom. The molecule has 2 aliphatic heterocycles. The molecule has 0 spiro atoms. The molecule has 128 valence electrons. The first kappa shape index (κ1) is 17.3. The predicted octanol–water partition coefficient (Wildman–Crippen LogP) is 1.28. The number of alkyl halides is 3. The molecule has 2 N–H and O–H groups in total. The van der Waals surface area contributed by atoms with Gasteiger partial charge in [0, 0.05) is 32.8 Å². The normalized spacial score (nSPS) is 24.7. The maximum Gasteiger partial charge on any atom is 0.401 e. The van der Waals surface area contributed by atoms with Crippen LogP contribution in [0.1, 0.15) is 19.3 Å². The van der Waals surface area contributed by atoms with Gasteiger partial charge in [0.25, 0.3) is 0 Å². The van der Waals surface area contributed by atoms with E-state index >= 15 is 0 Å². The van der Waals surface area contributed by atoms with Gasteiger partial charge in [-0.2, -0.15) is 13.2 Å². The highest BCUT2D eigenvalue weighted by atomic mass is 19.4. The van der Waals surface area contributed by atoms with Crippen LogP contribution in [0.15, 0.2) is 0 Å². The average Bonchev–Trinajstić information content (AvgIpc) is 2.90. The van der Waals surface area contributed by atoms with Gasteiger partial charge in [0.05, 0.1) is 6.54 Å². The van der Waals surface area contributed by atoms with Gasteiger partial charge in [-0.1, -0.05) is 0 Å². The number of aliphatic hydroxyl groups is 1. The Kier molecular flexibility index (Phi) is 5.91. The van der Waals surface area contributed by atoms with Crippen LogP contribution in [0.2, 0.25) is 0 Å². The Labute approximate surface area is 128 Å². The van der Waals surface area contributed by atoms with Crippen molar-refractivity contribution < 1.29 is 23.1 Å². The quantitative estimate of drug-likeness (QED) is 0.820. The van der Waals surface area contributed by atoms with Gasteiger partial charge in [-0.15, -0.1) is 0 Å². The third-order valence-electron chi connectivity index (χ3n) is 4.47. The summed E-state index contributed by atoms with van der Waals surface area (Å²) in [5, 5.41) is 11.9. The van der Waals surface area contributed by atoms with Crippen LogP contribution in [0.4, 0.5) is 18.0 Å². The molecular formula is C14H24F3N3O2. The van der Waals surface area contributed by atoms with E-state index in [0.29, 0.717) is 39.1 Å². The summed E-state index contributed by atoms with van der Waals surface area (Å²) < 4.78 is 36.9. The SMILES string of the molecule is O=C(NCC1CCN(CC(F)(F)F)C1)N1CCC(CO)CC1. The lowest BCUT2D eigenvalue weighted by Crippen LogP contribution is -2.46. The second kappa shape index (κ2) is 7.50. The Morgan fingerprint density at radius 1 is 1.14 bits per heavy atom. The maximum atomic E-state index is 12.3. The second-order valence-corrected chi connectivity index (χ2v) is 6.30. The van der Waals surface area contributed by atoms with Crippen LogP contribution in [-0.4, -0.2) is 73.0 Å². The summed E-state index contributed by atoms with van der Waals surface area (Å²) in [5.74, 6) is 0.357. The Bertz CT molecular complexity index is 371. The Balaban J connectivity index is 1.65. The topological polar surface area (TPSA) is 55.8 Å². The molecule has 0 aromatic rings. The smallest absolute Gasteiger partial charge is 0.396 e. The van der Waals surface area contributed by atoms with Crippen molar-refractivity contribution in [3.63, 3.8) is 0 Å². The number of hydrogen-bond donors (Lipinski definition) is 2. The fourth-order valence-electron chi connectivity index (χ4n) is 3.14. The van der Waals surface area contributed by atoms with Gasteiger partial charge in [0.1, 0.15) is 0 Å². The number of nitrogens with zero attached hydrogens (tertiary/aromatic N) is 2. The van der Waals surface area contributed by atoms with Crippen LogP contribution in [0.25, 0.3) is 0 Å². The van der Waals surface area contributed by atoms with E-state index in [9.17, 15) is 18.0 Å². The summed E-state index contributed by atoms with van der Waals surface area (Å²) >= 11 is 0. The van der Waals surface area contributed by atoms with E-state index in [2.05, 4.69) is 5.32 Å². The molecule has 0 bridgehead atoms. The van der Waals surface area contributed by atoms with E-state index in [-0.39, 0.29) is 24.5 Å². The molecule has 0 aromatic carbocycles. The molecule has 1 unspecified atom stereocenters. The minimum Gasteiger partial charge on any atom is -0.396 e. The first-order chi connectivity index (χ1) is 10.4. The second-order valence-electron chi connectivity index (χ2n) is 6.30. The van der Waals surface area contributed by atoms with E-state index in [4.69, 9.17) is 5.11 Å². The van der Waals surface area contributed by atoms with Crippen molar-refractivity contribution in [2.24, 2.45) is 11.8 Å². The first-order valence-electron chi connectivity index (χ1n) is 7.80. The number of carbonyl (C=O) groups is 1. The van der Waals surface area contributed by atoms with Gasteiger partial charge in [-0.3, -0.25) is 4.90 Å². The highest BCUT2D eigenvalue weighted by molar-refractivity contribution is 5.74. The fraction of sp³-hybridized carbons (Fsp3) is 0.929. The van der Waals surface area contributed by atoms with Crippen molar-refractivity contribution in [2.75, 3.05) is 45.9 Å². The highest BCUT2D eigenvalue weighted by Gasteiger charge is 2.34. The van der Waals surface area contributed by atoms with Crippen LogP contribution in [0, 0.1) is 11.8 Å². The lowest BCUT2D eigenvalue weighted by Gasteiger charge is -2.31. The van der Waals surface area contributed by atoms with E-state index in [1.165, 1.54) is 4.90 Å². The summed E-state index contributed by atoms with van der Waals surface area (Å²) in [6.45, 7) is 1.78. The number of halogens is 3. The number of amides is 2. The standard InChI is InChI=1S/C14H24F3N3O2/c15-14(16,17)10-19-4-1-12(8-19)7-18-13(22)20-5-2-11(9-21)3-6-20/h11-12,21H,1-10H2,(H,18,22). The Morgan fingerprint density at radius 2 is 1.77 bits per heavy atom. The number of nitrogens with one attached hydrogen (secondary N) is 1. The number of likely N-dealkylation sites (tertiary alicyclic amines) is 2. The third-order valence-corrected chi connectivity index (χ3v) is 4.47. The van der Waals surface area contributed by atoms with Crippen LogP contribution in [0.3, 0.4) is 0 Å². The molecule has 22 heavy (non-hydrogen) atoms. The first-order valence-corrected chi connectivity index (χ1v) is 7.80. The minimum absolute atomic E-state index is 0.0845. The molecule has 2 rings (SSSR count). The Hall–Kier alpha value is -1.02. The molecule has 5 nitrogen and oxygen atoms in total. The van der Waals surface area contributed by atoms with Gasteiger partial charge in [0.15, 0.2) is 0 Å². The van der Waals surface area contributed by atoms with Gasteiger partial charge in [0.2, 0.25) is 0 Å². The lowest BCUT2D eigenvalue weighted by molar-refractivity contribution is -0.143. The molecule has 1 atom stereocenters. The largest absolute Gasteiger partial charge is 0.401 e. The summed E-state index contributed by atoms with van der Waals surface area (Å²) in [4.78, 5) is 15.1. The van der Waals surface area contributed by atoms with E-state index in [1.807, 2.05) is 0 Å². The third kappa shape index (κ3) is 5.31. The fourth-order valence-corrected chi connectivity index (χ4v) is 3.14. The molecule has 0 saturated carbocycles. The molecule has 8 heteroatoms. The molecule has 0 radical (unpaired) electrons. The van der Waals surface area contributed by atoms with Gasteiger partial charge < -0.3 is 15.3 Å². The number of aliphatic hydroxyl groups excluding tert-OH is 1. The number of rotatable bonds is 4. The zero-order valence-corrected chi connectivity index (χ0v) is 12.6. The lowest BCUT2D eigenvalue weighted by atomic mass is 9.98. The van der Waals surface area contributed by atoms with Crippen molar-refractivity contribution >= 4 is 6.03 Å². The van der Waals surface area contributed by atoms with E-state index in [1.54, 1.807) is 4.90 Å². The van der Waals surface area contributed by atoms with Crippen molar-refractivity contribution in [3.05, 3.63) is 0 Å². The molecule has 2 amide bonds. The summed E-state index contributed by atoms with van der Waals surface area (Å²) in [5.41, 5.74) is 0. The summed E-state index contributed by atoms with van der Waals surface area (Å²) in [7, 11) is 0. The van der Waals surface area contributed by atoms with Crippen LogP contribution in [0.5, 0.6) is 0 Å². The summed E-state index contributed by atoms with van der Waals surface area (Å²) in [6.07, 6.45) is -1.88. The van der Waals surface area contributed by atoms with Crippen molar-refractivity contribution in [1.29, 1.82) is 0 Å². The number of piperidine rings is 1. The molecule has 2 saturated heterocycles. The molecular weight excluding hydrogens is 299 g/mol. The van der Waals surface area contributed by atoms with Crippen LogP contribution in [-0.2, 0) is 0 Å². The van der Waals surface area contributed by atoms with Gasteiger partial charge in [-0.25, -0.2) is 4.79 Å².